The topological polar surface area (TPSA) is 66.0 Å². The number of nitrogens with zero attached hydrogens (tertiary/aromatic N) is 2. The van der Waals surface area contributed by atoms with Gasteiger partial charge in [-0.1, -0.05) is 0 Å². The number of likely N-dealkylation sites (tertiary alicyclic amines) is 1. The Bertz CT molecular complexity index is 430. The molecule has 24 heavy (non-hydrogen) atoms. The van der Waals surface area contributed by atoms with Crippen LogP contribution in [0.4, 0.5) is 0 Å². The van der Waals surface area contributed by atoms with E-state index in [0.717, 1.165) is 64.5 Å². The Morgan fingerprint density at radius 1 is 1.33 bits per heavy atom. The van der Waals surface area contributed by atoms with Gasteiger partial charge in [0.15, 0.2) is 5.96 Å². The first-order valence-electron chi connectivity index (χ1n) is 8.91. The largest absolute Gasteiger partial charge is 0.381 e. The molecule has 2 heterocycles. The van der Waals surface area contributed by atoms with Crippen molar-refractivity contribution in [3.63, 3.8) is 0 Å². The molecule has 1 amide bonds. The van der Waals surface area contributed by atoms with Crippen molar-refractivity contribution in [1.82, 2.24) is 15.5 Å². The Balaban J connectivity index is 1.81. The summed E-state index contributed by atoms with van der Waals surface area (Å²) in [4.78, 5) is 18.3. The Morgan fingerprint density at radius 3 is 2.54 bits per heavy atom. The molecular weight excluding hydrogens is 324 g/mol. The highest BCUT2D eigenvalue weighted by Crippen LogP contribution is 2.33. The number of hydrogen-bond acceptors (Lipinski definition) is 4. The Morgan fingerprint density at radius 2 is 2.00 bits per heavy atom. The van der Waals surface area contributed by atoms with Gasteiger partial charge in [0.05, 0.1) is 0 Å². The zero-order chi connectivity index (χ0) is 17.4. The summed E-state index contributed by atoms with van der Waals surface area (Å²) in [5.74, 6) is 1.64. The first kappa shape index (κ1) is 19.4. The van der Waals surface area contributed by atoms with E-state index in [1.807, 2.05) is 18.8 Å². The lowest BCUT2D eigenvalue weighted by Gasteiger charge is -2.38. The number of piperidine rings is 1. The number of thioether (sulfide) groups is 1. The zero-order valence-corrected chi connectivity index (χ0v) is 16.1. The van der Waals surface area contributed by atoms with Crippen molar-refractivity contribution in [3.8, 4) is 0 Å². The van der Waals surface area contributed by atoms with Gasteiger partial charge in [-0.25, -0.2) is 0 Å². The van der Waals surface area contributed by atoms with E-state index < -0.39 is 0 Å². The molecule has 138 valence electrons. The first-order valence-corrected chi connectivity index (χ1v) is 10.1. The molecule has 2 saturated heterocycles. The van der Waals surface area contributed by atoms with Crippen molar-refractivity contribution < 1.29 is 9.53 Å². The molecule has 0 aromatic rings. The molecule has 2 fully saturated rings. The van der Waals surface area contributed by atoms with Gasteiger partial charge in [0.25, 0.3) is 0 Å². The maximum absolute atomic E-state index is 11.5. The predicted octanol–water partition coefficient (Wildman–Crippen LogP) is 1.32. The Labute approximate surface area is 150 Å². The second-order valence-electron chi connectivity index (χ2n) is 6.71. The van der Waals surface area contributed by atoms with Crippen LogP contribution in [-0.4, -0.2) is 74.7 Å². The average molecular weight is 357 g/mol. The van der Waals surface area contributed by atoms with Crippen molar-refractivity contribution in [2.75, 3.05) is 53.2 Å². The van der Waals surface area contributed by atoms with E-state index >= 15 is 0 Å². The maximum atomic E-state index is 11.5. The molecule has 0 spiro atoms. The molecule has 7 heteroatoms. The third-order valence-corrected chi connectivity index (χ3v) is 6.70. The number of amides is 1. The highest BCUT2D eigenvalue weighted by Gasteiger charge is 2.32. The molecule has 0 aromatic carbocycles. The second kappa shape index (κ2) is 9.51. The molecule has 2 N–H and O–H groups in total. The minimum atomic E-state index is 0.150. The summed E-state index contributed by atoms with van der Waals surface area (Å²) >= 11 is 1.94. The van der Waals surface area contributed by atoms with Crippen LogP contribution in [0.2, 0.25) is 0 Å². The van der Waals surface area contributed by atoms with E-state index in [9.17, 15) is 4.79 Å². The molecule has 6 nitrogen and oxygen atoms in total. The van der Waals surface area contributed by atoms with E-state index in [-0.39, 0.29) is 10.7 Å². The summed E-state index contributed by atoms with van der Waals surface area (Å²) in [5, 5.41) is 6.31. The monoisotopic (exact) mass is 356 g/mol. The van der Waals surface area contributed by atoms with Crippen LogP contribution in [0, 0.1) is 5.92 Å². The van der Waals surface area contributed by atoms with Gasteiger partial charge in [-0.05, 0) is 37.9 Å². The number of hydrogen-bond donors (Lipinski definition) is 2. The number of carbonyl (C=O) groups is 1. The van der Waals surface area contributed by atoms with Crippen LogP contribution in [0.15, 0.2) is 4.99 Å². The first-order chi connectivity index (χ1) is 11.6. The molecule has 0 saturated carbocycles. The molecule has 0 atom stereocenters. The summed E-state index contributed by atoms with van der Waals surface area (Å²) in [5.41, 5.74) is 0. The standard InChI is InChI=1S/C17H32N4O2S/c1-18-15(22)12-14-4-8-21(9-5-14)16(19-2)20-13-17(24-3)6-10-23-11-7-17/h14H,4-13H2,1-3H3,(H,18,22)(H,19,20). The molecule has 0 aliphatic carbocycles. The third-order valence-electron chi connectivity index (χ3n) is 5.28. The number of rotatable bonds is 5. The fraction of sp³-hybridized carbons (Fsp3) is 0.882. The molecule has 2 aliphatic rings. The van der Waals surface area contributed by atoms with E-state index in [0.29, 0.717) is 12.3 Å². The van der Waals surface area contributed by atoms with E-state index in [1.165, 1.54) is 0 Å². The van der Waals surface area contributed by atoms with Crippen LogP contribution in [0.1, 0.15) is 32.1 Å². The van der Waals surface area contributed by atoms with Gasteiger partial charge >= 0.3 is 0 Å². The van der Waals surface area contributed by atoms with Crippen molar-refractivity contribution >= 4 is 23.6 Å². The minimum Gasteiger partial charge on any atom is -0.381 e. The lowest BCUT2D eigenvalue weighted by molar-refractivity contribution is -0.121. The minimum absolute atomic E-state index is 0.150. The summed E-state index contributed by atoms with van der Waals surface area (Å²) in [7, 11) is 3.57. The summed E-state index contributed by atoms with van der Waals surface area (Å²) in [6.45, 7) is 4.58. The van der Waals surface area contributed by atoms with Crippen LogP contribution >= 0.6 is 11.8 Å². The lowest BCUT2D eigenvalue weighted by Crippen LogP contribution is -2.51. The molecule has 2 rings (SSSR count). The SMILES string of the molecule is CN=C(NCC1(SC)CCOCC1)N1CCC(CC(=O)NC)CC1. The van der Waals surface area contributed by atoms with Gasteiger partial charge in [-0.3, -0.25) is 9.79 Å². The fourth-order valence-electron chi connectivity index (χ4n) is 3.48. The fourth-order valence-corrected chi connectivity index (χ4v) is 4.27. The van der Waals surface area contributed by atoms with Crippen molar-refractivity contribution in [2.24, 2.45) is 10.9 Å². The smallest absolute Gasteiger partial charge is 0.220 e. The molecule has 0 aromatic heterocycles. The Hall–Kier alpha value is -0.950. The van der Waals surface area contributed by atoms with Crippen molar-refractivity contribution in [3.05, 3.63) is 0 Å². The van der Waals surface area contributed by atoms with Gasteiger partial charge in [-0.15, -0.1) is 0 Å². The van der Waals surface area contributed by atoms with Gasteiger partial charge in [-0.2, -0.15) is 11.8 Å². The maximum Gasteiger partial charge on any atom is 0.220 e. The van der Waals surface area contributed by atoms with Crippen LogP contribution in [0.5, 0.6) is 0 Å². The second-order valence-corrected chi connectivity index (χ2v) is 7.98. The normalized spacial score (nSPS) is 22.3. The third kappa shape index (κ3) is 5.28. The highest BCUT2D eigenvalue weighted by molar-refractivity contribution is 8.00. The molecular formula is C17H32N4O2S. The van der Waals surface area contributed by atoms with Crippen LogP contribution in [0.3, 0.4) is 0 Å². The zero-order valence-electron chi connectivity index (χ0n) is 15.3. The number of carbonyl (C=O) groups excluding carboxylic acids is 1. The number of ether oxygens (including phenoxy) is 1. The average Bonchev–Trinajstić information content (AvgIpc) is 2.64. The molecule has 0 unspecified atom stereocenters. The van der Waals surface area contributed by atoms with Gasteiger partial charge < -0.3 is 20.3 Å². The van der Waals surface area contributed by atoms with Crippen LogP contribution < -0.4 is 10.6 Å². The summed E-state index contributed by atoms with van der Waals surface area (Å²) in [6, 6.07) is 0. The lowest BCUT2D eigenvalue weighted by atomic mass is 9.93. The van der Waals surface area contributed by atoms with E-state index in [2.05, 4.69) is 26.8 Å². The quantitative estimate of drug-likeness (QED) is 0.575. The van der Waals surface area contributed by atoms with E-state index in [4.69, 9.17) is 4.74 Å². The van der Waals surface area contributed by atoms with Gasteiger partial charge in [0.2, 0.25) is 5.91 Å². The van der Waals surface area contributed by atoms with Crippen molar-refractivity contribution in [1.29, 1.82) is 0 Å². The molecule has 2 aliphatic heterocycles. The Kier molecular flexibility index (Phi) is 7.68. The number of guanidine groups is 1. The van der Waals surface area contributed by atoms with Crippen LogP contribution in [-0.2, 0) is 9.53 Å². The van der Waals surface area contributed by atoms with Gasteiger partial charge in [0, 0.05) is 58.1 Å². The number of aliphatic imine (C=N–C) groups is 1. The number of nitrogens with one attached hydrogen (secondary N) is 2. The van der Waals surface area contributed by atoms with Crippen molar-refractivity contribution in [2.45, 2.75) is 36.9 Å². The molecule has 0 bridgehead atoms. The van der Waals surface area contributed by atoms with Gasteiger partial charge in [0.1, 0.15) is 0 Å². The van der Waals surface area contributed by atoms with Crippen LogP contribution in [0.25, 0.3) is 0 Å². The van der Waals surface area contributed by atoms with E-state index in [1.54, 1.807) is 7.05 Å². The summed E-state index contributed by atoms with van der Waals surface area (Å²) < 4.78 is 5.77. The predicted molar refractivity (Wildman–Crippen MR) is 101 cm³/mol. The molecule has 0 radical (unpaired) electrons. The summed E-state index contributed by atoms with van der Waals surface area (Å²) in [6.07, 6.45) is 7.12. The highest BCUT2D eigenvalue weighted by atomic mass is 32.2.